The molecule has 0 fully saturated rings. The van der Waals surface area contributed by atoms with Gasteiger partial charge in [0.1, 0.15) is 13.2 Å². The number of ether oxygens (including phenoxy) is 3. The fourth-order valence-corrected chi connectivity index (χ4v) is 5.41. The topological polar surface area (TPSA) is 78.9 Å². The molecule has 0 rings (SSSR count). The molecule has 51 heavy (non-hydrogen) atoms. The Bertz CT molecular complexity index is 960. The molecule has 0 amide bonds. The molecular formula is C45H76O6. The van der Waals surface area contributed by atoms with Crippen LogP contribution in [0.25, 0.3) is 0 Å². The number of hydrogen-bond acceptors (Lipinski definition) is 6. The molecule has 0 heterocycles. The molecule has 0 aliphatic heterocycles. The van der Waals surface area contributed by atoms with Crippen LogP contribution in [0.4, 0.5) is 0 Å². The third-order valence-electron chi connectivity index (χ3n) is 8.54. The Morgan fingerprint density at radius 2 is 0.765 bits per heavy atom. The molecule has 0 saturated heterocycles. The van der Waals surface area contributed by atoms with E-state index in [1.54, 1.807) is 0 Å². The minimum Gasteiger partial charge on any atom is -0.462 e. The van der Waals surface area contributed by atoms with Crippen molar-refractivity contribution in [2.24, 2.45) is 0 Å². The van der Waals surface area contributed by atoms with Gasteiger partial charge in [-0.2, -0.15) is 0 Å². The number of carbonyl (C=O) groups excluding carboxylic acids is 3. The second kappa shape index (κ2) is 39.9. The maximum atomic E-state index is 12.6. The molecule has 0 aromatic heterocycles. The van der Waals surface area contributed by atoms with E-state index in [4.69, 9.17) is 14.2 Å². The molecular weight excluding hydrogens is 636 g/mol. The van der Waals surface area contributed by atoms with Gasteiger partial charge >= 0.3 is 17.9 Å². The summed E-state index contributed by atoms with van der Waals surface area (Å²) in [5, 5.41) is 0. The number of carbonyl (C=O) groups is 3. The van der Waals surface area contributed by atoms with Crippen molar-refractivity contribution in [2.45, 2.75) is 194 Å². The van der Waals surface area contributed by atoms with Gasteiger partial charge in [0.05, 0.1) is 0 Å². The van der Waals surface area contributed by atoms with Gasteiger partial charge in [0.15, 0.2) is 6.10 Å². The van der Waals surface area contributed by atoms with Crippen LogP contribution in [0.1, 0.15) is 188 Å². The highest BCUT2D eigenvalue weighted by atomic mass is 16.6. The van der Waals surface area contributed by atoms with Crippen molar-refractivity contribution in [3.63, 3.8) is 0 Å². The van der Waals surface area contributed by atoms with Crippen LogP contribution in [-0.4, -0.2) is 37.2 Å². The summed E-state index contributed by atoms with van der Waals surface area (Å²) in [6.07, 6.45) is 46.7. The lowest BCUT2D eigenvalue weighted by Crippen LogP contribution is -2.30. The highest BCUT2D eigenvalue weighted by Gasteiger charge is 2.19. The highest BCUT2D eigenvalue weighted by molar-refractivity contribution is 5.71. The fourth-order valence-electron chi connectivity index (χ4n) is 5.41. The van der Waals surface area contributed by atoms with Gasteiger partial charge in [0.2, 0.25) is 0 Å². The zero-order valence-electron chi connectivity index (χ0n) is 33.1. The number of unbranched alkanes of at least 4 members (excludes halogenated alkanes) is 15. The molecule has 292 valence electrons. The van der Waals surface area contributed by atoms with Gasteiger partial charge in [-0.15, -0.1) is 0 Å². The highest BCUT2D eigenvalue weighted by Crippen LogP contribution is 2.12. The minimum atomic E-state index is -0.778. The number of hydrogen-bond donors (Lipinski definition) is 0. The van der Waals surface area contributed by atoms with Crippen molar-refractivity contribution >= 4 is 17.9 Å². The van der Waals surface area contributed by atoms with Gasteiger partial charge in [-0.1, -0.05) is 165 Å². The molecule has 1 unspecified atom stereocenters. The van der Waals surface area contributed by atoms with Crippen molar-refractivity contribution < 1.29 is 28.6 Å². The molecule has 6 heteroatoms. The summed E-state index contributed by atoms with van der Waals surface area (Å²) in [5.74, 6) is -0.943. The van der Waals surface area contributed by atoms with E-state index >= 15 is 0 Å². The Labute approximate surface area is 313 Å². The third-order valence-corrected chi connectivity index (χ3v) is 8.54. The molecule has 0 aromatic carbocycles. The van der Waals surface area contributed by atoms with E-state index in [0.29, 0.717) is 19.3 Å². The molecule has 0 radical (unpaired) electrons. The van der Waals surface area contributed by atoms with Crippen LogP contribution < -0.4 is 0 Å². The Kier molecular flexibility index (Phi) is 37.6. The molecule has 1 atom stereocenters. The number of esters is 3. The van der Waals surface area contributed by atoms with E-state index in [0.717, 1.165) is 103 Å². The quantitative estimate of drug-likeness (QED) is 0.0278. The average Bonchev–Trinajstić information content (AvgIpc) is 3.12. The van der Waals surface area contributed by atoms with Crippen molar-refractivity contribution in [3.8, 4) is 0 Å². The molecule has 0 saturated carbocycles. The molecule has 0 spiro atoms. The zero-order valence-corrected chi connectivity index (χ0v) is 33.1. The minimum absolute atomic E-state index is 0.0855. The second-order valence-corrected chi connectivity index (χ2v) is 13.5. The van der Waals surface area contributed by atoms with Gasteiger partial charge in [-0.05, 0) is 64.2 Å². The van der Waals surface area contributed by atoms with Gasteiger partial charge in [0.25, 0.3) is 0 Å². The lowest BCUT2D eigenvalue weighted by molar-refractivity contribution is -0.167. The van der Waals surface area contributed by atoms with Crippen molar-refractivity contribution in [3.05, 3.63) is 60.8 Å². The Morgan fingerprint density at radius 3 is 1.20 bits per heavy atom. The maximum Gasteiger partial charge on any atom is 0.306 e. The summed E-state index contributed by atoms with van der Waals surface area (Å²) >= 11 is 0. The normalized spacial score (nSPS) is 12.6. The van der Waals surface area contributed by atoms with Crippen molar-refractivity contribution in [2.75, 3.05) is 13.2 Å². The standard InChI is InChI=1S/C45H76O6/c1-4-7-10-13-15-17-18-19-20-21-22-23-24-25-26-28-29-32-35-38-44(47)50-41-42(40-49-43(46)37-34-31-12-9-6-3)51-45(48)39-36-33-30-27-16-14-11-8-5-2/h7,10,15,17,19-20,22-23,25-26,42H,4-6,8-9,11-14,16,18,21,24,27-41H2,1-3H3/b10-7-,17-15-,20-19-,23-22-,26-25-. The number of rotatable bonds is 36. The van der Waals surface area contributed by atoms with Crippen LogP contribution >= 0.6 is 0 Å². The SMILES string of the molecule is CC/C=C\C/C=C\C/C=C\C/C=C\C/C=C\CCCCCC(=O)OCC(COC(=O)CCCCCCC)OC(=O)CCCCCCCCCCC. The van der Waals surface area contributed by atoms with Crippen molar-refractivity contribution in [1.82, 2.24) is 0 Å². The average molecular weight is 713 g/mol. The predicted molar refractivity (Wildman–Crippen MR) is 215 cm³/mol. The smallest absolute Gasteiger partial charge is 0.306 e. The maximum absolute atomic E-state index is 12.6. The summed E-state index contributed by atoms with van der Waals surface area (Å²) < 4.78 is 16.5. The van der Waals surface area contributed by atoms with Crippen LogP contribution in [-0.2, 0) is 28.6 Å². The largest absolute Gasteiger partial charge is 0.462 e. The molecule has 0 N–H and O–H groups in total. The first-order chi connectivity index (χ1) is 25.0. The van der Waals surface area contributed by atoms with Crippen LogP contribution in [0.5, 0.6) is 0 Å². The molecule has 0 aliphatic carbocycles. The van der Waals surface area contributed by atoms with Gasteiger partial charge < -0.3 is 14.2 Å². The molecule has 6 nitrogen and oxygen atoms in total. The molecule has 0 aromatic rings. The first-order valence-corrected chi connectivity index (χ1v) is 20.8. The lowest BCUT2D eigenvalue weighted by Gasteiger charge is -2.18. The summed E-state index contributed by atoms with van der Waals surface area (Å²) in [7, 11) is 0. The first kappa shape index (κ1) is 48.1. The Hall–Kier alpha value is -2.89. The van der Waals surface area contributed by atoms with E-state index in [2.05, 4.69) is 81.5 Å². The zero-order chi connectivity index (χ0) is 37.3. The van der Waals surface area contributed by atoms with Crippen molar-refractivity contribution in [1.29, 1.82) is 0 Å². The van der Waals surface area contributed by atoms with E-state index in [1.807, 2.05) is 0 Å². The fraction of sp³-hybridized carbons (Fsp3) is 0.711. The van der Waals surface area contributed by atoms with Crippen LogP contribution in [0.15, 0.2) is 60.8 Å². The summed E-state index contributed by atoms with van der Waals surface area (Å²) in [6, 6.07) is 0. The second-order valence-electron chi connectivity index (χ2n) is 13.5. The van der Waals surface area contributed by atoms with E-state index in [-0.39, 0.29) is 31.1 Å². The summed E-state index contributed by atoms with van der Waals surface area (Å²) in [6.45, 7) is 6.36. The van der Waals surface area contributed by atoms with E-state index in [1.165, 1.54) is 44.9 Å². The summed E-state index contributed by atoms with van der Waals surface area (Å²) in [4.78, 5) is 37.3. The molecule has 0 aliphatic rings. The van der Waals surface area contributed by atoms with Gasteiger partial charge in [0, 0.05) is 19.3 Å². The predicted octanol–water partition coefficient (Wildman–Crippen LogP) is 13.0. The Balaban J connectivity index is 4.28. The van der Waals surface area contributed by atoms with Gasteiger partial charge in [-0.25, -0.2) is 0 Å². The monoisotopic (exact) mass is 713 g/mol. The molecule has 0 bridgehead atoms. The first-order valence-electron chi connectivity index (χ1n) is 20.8. The third kappa shape index (κ3) is 38.2. The van der Waals surface area contributed by atoms with Crippen LogP contribution in [0, 0.1) is 0 Å². The van der Waals surface area contributed by atoms with Gasteiger partial charge in [-0.3, -0.25) is 14.4 Å². The number of allylic oxidation sites excluding steroid dienone is 10. The van der Waals surface area contributed by atoms with Crippen LogP contribution in [0.2, 0.25) is 0 Å². The van der Waals surface area contributed by atoms with E-state index < -0.39 is 6.10 Å². The Morgan fingerprint density at radius 1 is 0.412 bits per heavy atom. The summed E-state index contributed by atoms with van der Waals surface area (Å²) in [5.41, 5.74) is 0. The van der Waals surface area contributed by atoms with Crippen LogP contribution in [0.3, 0.4) is 0 Å². The van der Waals surface area contributed by atoms with E-state index in [9.17, 15) is 14.4 Å². The lowest BCUT2D eigenvalue weighted by atomic mass is 10.1.